The SMILES string of the molecule is CCc1nc(CC(=O)NC(c2ccccc2)C(C)C)cs1. The molecule has 0 aliphatic rings. The molecular formula is C17H22N2OS. The maximum absolute atomic E-state index is 12.3. The van der Waals surface area contributed by atoms with Crippen molar-refractivity contribution in [2.75, 3.05) is 0 Å². The lowest BCUT2D eigenvalue weighted by Gasteiger charge is -2.22. The van der Waals surface area contributed by atoms with Gasteiger partial charge in [0.2, 0.25) is 5.91 Å². The van der Waals surface area contributed by atoms with Gasteiger partial charge >= 0.3 is 0 Å². The van der Waals surface area contributed by atoms with E-state index in [2.05, 4.69) is 43.2 Å². The Labute approximate surface area is 130 Å². The van der Waals surface area contributed by atoms with Gasteiger partial charge in [0, 0.05) is 5.38 Å². The molecule has 2 rings (SSSR count). The van der Waals surface area contributed by atoms with Crippen LogP contribution >= 0.6 is 11.3 Å². The number of hydrogen-bond donors (Lipinski definition) is 1. The van der Waals surface area contributed by atoms with E-state index >= 15 is 0 Å². The van der Waals surface area contributed by atoms with Crippen molar-refractivity contribution in [1.82, 2.24) is 10.3 Å². The third kappa shape index (κ3) is 4.39. The van der Waals surface area contributed by atoms with Gasteiger partial charge in [0.15, 0.2) is 0 Å². The molecule has 0 radical (unpaired) electrons. The predicted octanol–water partition coefficient (Wildman–Crippen LogP) is 3.76. The molecule has 0 aliphatic heterocycles. The lowest BCUT2D eigenvalue weighted by molar-refractivity contribution is -0.121. The minimum absolute atomic E-state index is 0.0329. The Morgan fingerprint density at radius 1 is 1.29 bits per heavy atom. The molecule has 3 nitrogen and oxygen atoms in total. The Kier molecular flexibility index (Phi) is 5.51. The van der Waals surface area contributed by atoms with E-state index in [0.717, 1.165) is 22.7 Å². The highest BCUT2D eigenvalue weighted by atomic mass is 32.1. The van der Waals surface area contributed by atoms with Crippen molar-refractivity contribution in [1.29, 1.82) is 0 Å². The van der Waals surface area contributed by atoms with Crippen LogP contribution in [0.25, 0.3) is 0 Å². The molecule has 2 aromatic rings. The predicted molar refractivity (Wildman–Crippen MR) is 87.4 cm³/mol. The van der Waals surface area contributed by atoms with Gasteiger partial charge in [0.1, 0.15) is 0 Å². The summed E-state index contributed by atoms with van der Waals surface area (Å²) in [6.07, 6.45) is 1.28. The summed E-state index contributed by atoms with van der Waals surface area (Å²) in [4.78, 5) is 16.7. The Morgan fingerprint density at radius 3 is 2.57 bits per heavy atom. The van der Waals surface area contributed by atoms with Gasteiger partial charge in [-0.3, -0.25) is 4.79 Å². The number of hydrogen-bond acceptors (Lipinski definition) is 3. The smallest absolute Gasteiger partial charge is 0.226 e. The van der Waals surface area contributed by atoms with Crippen molar-refractivity contribution < 1.29 is 4.79 Å². The first-order chi connectivity index (χ1) is 10.1. The van der Waals surface area contributed by atoms with E-state index in [9.17, 15) is 4.79 Å². The zero-order chi connectivity index (χ0) is 15.2. The molecule has 1 aromatic carbocycles. The molecule has 0 aliphatic carbocycles. The fourth-order valence-corrected chi connectivity index (χ4v) is 3.02. The standard InChI is InChI=1S/C17H22N2OS/c1-4-16-18-14(11-21-16)10-15(20)19-17(12(2)3)13-8-6-5-7-9-13/h5-9,11-12,17H,4,10H2,1-3H3,(H,19,20). The molecule has 0 bridgehead atoms. The molecule has 1 amide bonds. The molecule has 1 aromatic heterocycles. The summed E-state index contributed by atoms with van der Waals surface area (Å²) in [5.74, 6) is 0.378. The molecule has 112 valence electrons. The topological polar surface area (TPSA) is 42.0 Å². The monoisotopic (exact) mass is 302 g/mol. The van der Waals surface area contributed by atoms with E-state index in [-0.39, 0.29) is 11.9 Å². The van der Waals surface area contributed by atoms with E-state index in [1.165, 1.54) is 0 Å². The summed E-state index contributed by atoms with van der Waals surface area (Å²) < 4.78 is 0. The van der Waals surface area contributed by atoms with Crippen molar-refractivity contribution in [2.24, 2.45) is 5.92 Å². The molecule has 1 atom stereocenters. The molecule has 0 spiro atoms. The van der Waals surface area contributed by atoms with Crippen molar-refractivity contribution in [3.8, 4) is 0 Å². The number of rotatable bonds is 6. The summed E-state index contributed by atoms with van der Waals surface area (Å²) >= 11 is 1.62. The zero-order valence-corrected chi connectivity index (χ0v) is 13.6. The van der Waals surface area contributed by atoms with E-state index in [4.69, 9.17) is 0 Å². The first-order valence-electron chi connectivity index (χ1n) is 7.37. The fourth-order valence-electron chi connectivity index (χ4n) is 2.28. The van der Waals surface area contributed by atoms with Crippen LogP contribution in [-0.4, -0.2) is 10.9 Å². The Bertz CT molecular complexity index is 577. The number of thiazole rings is 1. The van der Waals surface area contributed by atoms with Gasteiger partial charge < -0.3 is 5.32 Å². The van der Waals surface area contributed by atoms with Crippen LogP contribution in [0.1, 0.15) is 43.1 Å². The van der Waals surface area contributed by atoms with E-state index < -0.39 is 0 Å². The summed E-state index contributed by atoms with van der Waals surface area (Å²) in [5.41, 5.74) is 2.01. The number of carbonyl (C=O) groups is 1. The maximum atomic E-state index is 12.3. The third-order valence-electron chi connectivity index (χ3n) is 3.39. The average molecular weight is 302 g/mol. The normalized spacial score (nSPS) is 12.4. The van der Waals surface area contributed by atoms with E-state index in [1.807, 2.05) is 23.6 Å². The van der Waals surface area contributed by atoms with Crippen LogP contribution in [0.4, 0.5) is 0 Å². The third-order valence-corrected chi connectivity index (χ3v) is 4.43. The van der Waals surface area contributed by atoms with Gasteiger partial charge in [-0.2, -0.15) is 0 Å². The van der Waals surface area contributed by atoms with Crippen molar-refractivity contribution >= 4 is 17.2 Å². The van der Waals surface area contributed by atoms with E-state index in [0.29, 0.717) is 12.3 Å². The maximum Gasteiger partial charge on any atom is 0.226 e. The van der Waals surface area contributed by atoms with Gasteiger partial charge in [0.25, 0.3) is 0 Å². The summed E-state index contributed by atoms with van der Waals surface area (Å²) in [6, 6.07) is 10.2. The van der Waals surface area contributed by atoms with Gasteiger partial charge in [-0.1, -0.05) is 51.1 Å². The largest absolute Gasteiger partial charge is 0.349 e. The van der Waals surface area contributed by atoms with Crippen LogP contribution < -0.4 is 5.32 Å². The van der Waals surface area contributed by atoms with Crippen LogP contribution in [0.5, 0.6) is 0 Å². The number of benzene rings is 1. The summed E-state index contributed by atoms with van der Waals surface area (Å²) in [6.45, 7) is 6.32. The Balaban J connectivity index is 2.02. The second-order valence-corrected chi connectivity index (χ2v) is 6.41. The molecule has 1 unspecified atom stereocenters. The highest BCUT2D eigenvalue weighted by molar-refractivity contribution is 7.09. The number of carbonyl (C=O) groups excluding carboxylic acids is 1. The molecule has 1 heterocycles. The van der Waals surface area contributed by atoms with Crippen LogP contribution in [-0.2, 0) is 17.6 Å². The minimum Gasteiger partial charge on any atom is -0.349 e. The zero-order valence-electron chi connectivity index (χ0n) is 12.8. The molecular weight excluding hydrogens is 280 g/mol. The minimum atomic E-state index is 0.0329. The summed E-state index contributed by atoms with van der Waals surface area (Å²) in [7, 11) is 0. The van der Waals surface area contributed by atoms with Gasteiger partial charge in [-0.15, -0.1) is 11.3 Å². The van der Waals surface area contributed by atoms with Crippen molar-refractivity contribution in [3.63, 3.8) is 0 Å². The lowest BCUT2D eigenvalue weighted by Crippen LogP contribution is -2.32. The molecule has 0 saturated carbocycles. The van der Waals surface area contributed by atoms with Crippen LogP contribution in [0.2, 0.25) is 0 Å². The molecule has 4 heteroatoms. The first kappa shape index (κ1) is 15.7. The van der Waals surface area contributed by atoms with Crippen LogP contribution in [0.15, 0.2) is 35.7 Å². The number of aromatic nitrogens is 1. The quantitative estimate of drug-likeness (QED) is 0.882. The second-order valence-electron chi connectivity index (χ2n) is 5.46. The van der Waals surface area contributed by atoms with Gasteiger partial charge in [0.05, 0.1) is 23.2 Å². The molecule has 21 heavy (non-hydrogen) atoms. The average Bonchev–Trinajstić information content (AvgIpc) is 2.93. The lowest BCUT2D eigenvalue weighted by atomic mass is 9.96. The number of amides is 1. The first-order valence-corrected chi connectivity index (χ1v) is 8.25. The van der Waals surface area contributed by atoms with Crippen molar-refractivity contribution in [3.05, 3.63) is 52.0 Å². The molecule has 1 N–H and O–H groups in total. The summed E-state index contributed by atoms with van der Waals surface area (Å²) in [5, 5.41) is 6.20. The molecule has 0 saturated heterocycles. The van der Waals surface area contributed by atoms with E-state index in [1.54, 1.807) is 11.3 Å². The van der Waals surface area contributed by atoms with Crippen LogP contribution in [0, 0.1) is 5.92 Å². The fraction of sp³-hybridized carbons (Fsp3) is 0.412. The highest BCUT2D eigenvalue weighted by Gasteiger charge is 2.18. The van der Waals surface area contributed by atoms with Crippen molar-refractivity contribution in [2.45, 2.75) is 39.7 Å². The second kappa shape index (κ2) is 7.36. The molecule has 0 fully saturated rings. The van der Waals surface area contributed by atoms with Gasteiger partial charge in [-0.05, 0) is 17.9 Å². The highest BCUT2D eigenvalue weighted by Crippen LogP contribution is 2.21. The van der Waals surface area contributed by atoms with Crippen LogP contribution in [0.3, 0.4) is 0 Å². The van der Waals surface area contributed by atoms with Gasteiger partial charge in [-0.25, -0.2) is 4.98 Å². The Hall–Kier alpha value is -1.68. The Morgan fingerprint density at radius 2 is 2.00 bits per heavy atom. The number of aryl methyl sites for hydroxylation is 1. The number of nitrogens with zero attached hydrogens (tertiary/aromatic N) is 1. The number of nitrogens with one attached hydrogen (secondary N) is 1.